The Labute approximate surface area is 67.1 Å². The second-order valence-corrected chi connectivity index (χ2v) is 3.95. The Balaban J connectivity index is 2.08. The number of ketones is 1. The van der Waals surface area contributed by atoms with Crippen molar-refractivity contribution in [3.8, 4) is 0 Å². The highest BCUT2D eigenvalue weighted by Gasteiger charge is 2.40. The predicted molar refractivity (Wildman–Crippen MR) is 43.0 cm³/mol. The van der Waals surface area contributed by atoms with Crippen molar-refractivity contribution in [1.29, 1.82) is 0 Å². The maximum Gasteiger partial charge on any atom is 0.139 e. The molecule has 0 saturated heterocycles. The van der Waals surface area contributed by atoms with E-state index in [1.165, 1.54) is 0 Å². The van der Waals surface area contributed by atoms with E-state index in [2.05, 4.69) is 0 Å². The summed E-state index contributed by atoms with van der Waals surface area (Å²) in [6.45, 7) is 0.778. The van der Waals surface area contributed by atoms with Gasteiger partial charge in [-0.1, -0.05) is 0 Å². The minimum Gasteiger partial charge on any atom is -0.330 e. The van der Waals surface area contributed by atoms with Crippen LogP contribution >= 0.6 is 0 Å². The maximum absolute atomic E-state index is 11.4. The molecule has 2 atom stereocenters. The van der Waals surface area contributed by atoms with Gasteiger partial charge in [-0.2, -0.15) is 0 Å². The van der Waals surface area contributed by atoms with Crippen molar-refractivity contribution in [3.05, 3.63) is 0 Å². The summed E-state index contributed by atoms with van der Waals surface area (Å²) >= 11 is 0. The Kier molecular flexibility index (Phi) is 1.72. The molecule has 2 fully saturated rings. The largest absolute Gasteiger partial charge is 0.330 e. The summed E-state index contributed by atoms with van der Waals surface area (Å²) in [6.07, 6.45) is 4.43. The number of carbonyl (C=O) groups excluding carboxylic acids is 1. The lowest BCUT2D eigenvalue weighted by molar-refractivity contribution is -0.126. The van der Waals surface area contributed by atoms with E-state index < -0.39 is 0 Å². The summed E-state index contributed by atoms with van der Waals surface area (Å²) < 4.78 is 0. The van der Waals surface area contributed by atoms with Crippen LogP contribution in [0.4, 0.5) is 0 Å². The van der Waals surface area contributed by atoms with Crippen LogP contribution in [0.1, 0.15) is 25.7 Å². The van der Waals surface area contributed by atoms with Crippen LogP contribution in [-0.4, -0.2) is 12.3 Å². The van der Waals surface area contributed by atoms with Gasteiger partial charge in [0.15, 0.2) is 0 Å². The number of hydrogen-bond acceptors (Lipinski definition) is 2. The van der Waals surface area contributed by atoms with Gasteiger partial charge < -0.3 is 5.73 Å². The molecule has 0 aromatic carbocycles. The molecule has 62 valence electrons. The zero-order chi connectivity index (χ0) is 7.84. The Morgan fingerprint density at radius 3 is 2.27 bits per heavy atom. The molecule has 2 N–H and O–H groups in total. The van der Waals surface area contributed by atoms with Gasteiger partial charge in [0.05, 0.1) is 0 Å². The minimum atomic E-state index is 0.391. The SMILES string of the molecule is NCC1C[C@H]2CC[C@H](C1)C2=O. The molecule has 0 aromatic heterocycles. The number of rotatable bonds is 1. The molecular weight excluding hydrogens is 138 g/mol. The molecule has 0 radical (unpaired) electrons. The number of nitrogens with two attached hydrogens (primary N) is 1. The summed E-state index contributed by atoms with van der Waals surface area (Å²) in [5.41, 5.74) is 5.59. The predicted octanol–water partition coefficient (Wildman–Crippen LogP) is 0.950. The third-order valence-corrected chi connectivity index (χ3v) is 3.24. The van der Waals surface area contributed by atoms with Gasteiger partial charge in [-0.3, -0.25) is 4.79 Å². The van der Waals surface area contributed by atoms with E-state index in [4.69, 9.17) is 5.73 Å². The van der Waals surface area contributed by atoms with Gasteiger partial charge in [-0.25, -0.2) is 0 Å². The highest BCUT2D eigenvalue weighted by atomic mass is 16.1. The molecule has 0 heterocycles. The molecule has 2 heteroatoms. The van der Waals surface area contributed by atoms with Crippen molar-refractivity contribution in [2.45, 2.75) is 25.7 Å². The van der Waals surface area contributed by atoms with Crippen molar-refractivity contribution < 1.29 is 4.79 Å². The first-order valence-electron chi connectivity index (χ1n) is 4.55. The molecule has 2 bridgehead atoms. The second-order valence-electron chi connectivity index (χ2n) is 3.95. The molecule has 11 heavy (non-hydrogen) atoms. The topological polar surface area (TPSA) is 43.1 Å². The van der Waals surface area contributed by atoms with Crippen LogP contribution in [0.2, 0.25) is 0 Å². The van der Waals surface area contributed by atoms with Gasteiger partial charge in [0.1, 0.15) is 5.78 Å². The fourth-order valence-corrected chi connectivity index (χ4v) is 2.58. The molecule has 2 saturated carbocycles. The number of fused-ring (bicyclic) bond motifs is 2. The number of carbonyl (C=O) groups is 1. The Hall–Kier alpha value is -0.370. The smallest absolute Gasteiger partial charge is 0.139 e. The van der Waals surface area contributed by atoms with Crippen LogP contribution in [0.25, 0.3) is 0 Å². The van der Waals surface area contributed by atoms with Gasteiger partial charge in [0.25, 0.3) is 0 Å². The lowest BCUT2D eigenvalue weighted by Gasteiger charge is -2.25. The molecular formula is C9H15NO. The molecule has 2 nitrogen and oxygen atoms in total. The van der Waals surface area contributed by atoms with E-state index >= 15 is 0 Å². The van der Waals surface area contributed by atoms with Gasteiger partial charge in [-0.05, 0) is 38.1 Å². The highest BCUT2D eigenvalue weighted by molar-refractivity contribution is 5.86. The van der Waals surface area contributed by atoms with Gasteiger partial charge in [0.2, 0.25) is 0 Å². The van der Waals surface area contributed by atoms with Gasteiger partial charge in [0, 0.05) is 11.8 Å². The first-order valence-corrected chi connectivity index (χ1v) is 4.55. The molecule has 0 unspecified atom stereocenters. The zero-order valence-corrected chi connectivity index (χ0v) is 6.75. The Bertz CT molecular complexity index is 162. The van der Waals surface area contributed by atoms with Crippen LogP contribution in [0, 0.1) is 17.8 Å². The summed E-state index contributed by atoms with van der Waals surface area (Å²) in [5, 5.41) is 0. The fourth-order valence-electron chi connectivity index (χ4n) is 2.58. The monoisotopic (exact) mass is 153 g/mol. The average molecular weight is 153 g/mol. The molecule has 0 amide bonds. The summed E-state index contributed by atoms with van der Waals surface area (Å²) in [7, 11) is 0. The first kappa shape index (κ1) is 7.29. The summed E-state index contributed by atoms with van der Waals surface area (Å²) in [5.74, 6) is 1.96. The van der Waals surface area contributed by atoms with Crippen molar-refractivity contribution in [1.82, 2.24) is 0 Å². The van der Waals surface area contributed by atoms with E-state index in [1.807, 2.05) is 0 Å². The van der Waals surface area contributed by atoms with Crippen LogP contribution in [-0.2, 0) is 4.79 Å². The van der Waals surface area contributed by atoms with E-state index in [0.29, 0.717) is 23.5 Å². The van der Waals surface area contributed by atoms with Crippen LogP contribution in [0.3, 0.4) is 0 Å². The first-order chi connectivity index (χ1) is 5.31. The number of hydrogen-bond donors (Lipinski definition) is 1. The standard InChI is InChI=1S/C9H15NO/c10-5-6-3-7-1-2-8(4-6)9(7)11/h6-8H,1-5,10H2/t7-,8-/m1/s1. The van der Waals surface area contributed by atoms with E-state index in [1.54, 1.807) is 0 Å². The third kappa shape index (κ3) is 1.09. The molecule has 2 aliphatic rings. The van der Waals surface area contributed by atoms with Crippen molar-refractivity contribution in [3.63, 3.8) is 0 Å². The zero-order valence-electron chi connectivity index (χ0n) is 6.75. The number of Topliss-reactive ketones (excluding diaryl/α,β-unsaturated/α-hetero) is 1. The van der Waals surface area contributed by atoms with Crippen molar-refractivity contribution in [2.75, 3.05) is 6.54 Å². The summed E-state index contributed by atoms with van der Waals surface area (Å²) in [4.78, 5) is 11.4. The third-order valence-electron chi connectivity index (χ3n) is 3.24. The molecule has 0 aliphatic heterocycles. The molecule has 2 aliphatic carbocycles. The lowest BCUT2D eigenvalue weighted by Crippen LogP contribution is -2.29. The quantitative estimate of drug-likeness (QED) is 0.609. The molecule has 0 aromatic rings. The lowest BCUT2D eigenvalue weighted by atomic mass is 9.80. The average Bonchev–Trinajstić information content (AvgIpc) is 2.26. The minimum absolute atomic E-state index is 0.391. The van der Waals surface area contributed by atoms with E-state index in [9.17, 15) is 4.79 Å². The normalized spacial score (nSPS) is 43.0. The molecule has 2 rings (SSSR count). The van der Waals surface area contributed by atoms with Crippen molar-refractivity contribution in [2.24, 2.45) is 23.5 Å². The van der Waals surface area contributed by atoms with E-state index in [0.717, 1.165) is 32.2 Å². The van der Waals surface area contributed by atoms with E-state index in [-0.39, 0.29) is 0 Å². The van der Waals surface area contributed by atoms with Gasteiger partial charge >= 0.3 is 0 Å². The van der Waals surface area contributed by atoms with Crippen LogP contribution in [0.5, 0.6) is 0 Å². The highest BCUT2D eigenvalue weighted by Crippen LogP contribution is 2.41. The second kappa shape index (κ2) is 2.59. The van der Waals surface area contributed by atoms with Crippen LogP contribution in [0.15, 0.2) is 0 Å². The fraction of sp³-hybridized carbons (Fsp3) is 0.889. The van der Waals surface area contributed by atoms with Gasteiger partial charge in [-0.15, -0.1) is 0 Å². The Morgan fingerprint density at radius 1 is 1.27 bits per heavy atom. The summed E-state index contributed by atoms with van der Waals surface area (Å²) in [6, 6.07) is 0. The molecule has 0 spiro atoms. The maximum atomic E-state index is 11.4. The van der Waals surface area contributed by atoms with Crippen molar-refractivity contribution >= 4 is 5.78 Å². The Morgan fingerprint density at radius 2 is 1.82 bits per heavy atom. The van der Waals surface area contributed by atoms with Crippen LogP contribution < -0.4 is 5.73 Å².